The van der Waals surface area contributed by atoms with Gasteiger partial charge in [0.1, 0.15) is 0 Å². The van der Waals surface area contributed by atoms with Crippen LogP contribution in [0, 0.1) is 0 Å². The fraction of sp³-hybridized carbons (Fsp3) is 0. The van der Waals surface area contributed by atoms with Crippen LogP contribution in [0.25, 0.3) is 12.2 Å². The molecule has 0 saturated carbocycles. The van der Waals surface area contributed by atoms with Crippen LogP contribution in [-0.4, -0.2) is 5.78 Å². The molecule has 0 radical (unpaired) electrons. The summed E-state index contributed by atoms with van der Waals surface area (Å²) in [5.74, 6) is -0.0114. The molecule has 0 spiro atoms. The smallest absolute Gasteiger partial charge is 0.178 e. The monoisotopic (exact) mass is 336 g/mol. The van der Waals surface area contributed by atoms with Crippen molar-refractivity contribution in [1.82, 2.24) is 0 Å². The van der Waals surface area contributed by atoms with E-state index in [1.54, 1.807) is 12.2 Å². The Balaban J connectivity index is 0.00000180. The van der Waals surface area contributed by atoms with Gasteiger partial charge in [-0.15, -0.1) is 0 Å². The number of allylic oxidation sites excluding steroid dienone is 2. The summed E-state index contributed by atoms with van der Waals surface area (Å²) in [4.78, 5) is 11.6. The van der Waals surface area contributed by atoms with Crippen LogP contribution < -0.4 is 0 Å². The zero-order chi connectivity index (χ0) is 12.6. The van der Waals surface area contributed by atoms with E-state index in [1.165, 1.54) is 0 Å². The first-order valence-electron chi connectivity index (χ1n) is 5.85. The molecule has 0 amide bonds. The van der Waals surface area contributed by atoms with E-state index in [-0.39, 0.29) is 25.3 Å². The van der Waals surface area contributed by atoms with E-state index >= 15 is 0 Å². The molecule has 1 nitrogen and oxygen atoms in total. The summed E-state index contributed by atoms with van der Waals surface area (Å²) in [6.45, 7) is 0. The minimum atomic E-state index is -0.0114. The van der Waals surface area contributed by atoms with Gasteiger partial charge in [0.2, 0.25) is 0 Å². The zero-order valence-corrected chi connectivity index (χ0v) is 12.1. The maximum absolute atomic E-state index is 11.6. The molecule has 2 aromatic rings. The van der Waals surface area contributed by atoms with Crippen molar-refractivity contribution in [1.29, 1.82) is 0 Å². The molecule has 0 aliphatic carbocycles. The largest absolute Gasteiger partial charge is 0.290 e. The van der Waals surface area contributed by atoms with Crippen molar-refractivity contribution in [3.63, 3.8) is 0 Å². The van der Waals surface area contributed by atoms with Crippen molar-refractivity contribution in [3.05, 3.63) is 83.9 Å². The molecule has 0 saturated heterocycles. The number of hydrogen-bond acceptors (Lipinski definition) is 1. The summed E-state index contributed by atoms with van der Waals surface area (Å²) in [5.41, 5.74) is 2.05. The number of carbonyl (C=O) groups excluding carboxylic acids is 1. The molecule has 0 aliphatic heterocycles. The van der Waals surface area contributed by atoms with Gasteiger partial charge in [0.05, 0.1) is 0 Å². The maximum atomic E-state index is 11.6. The van der Waals surface area contributed by atoms with Gasteiger partial charge in [0, 0.05) is 19.5 Å². The van der Waals surface area contributed by atoms with E-state index in [2.05, 4.69) is 0 Å². The normalized spacial score (nSPS) is 10.5. The predicted octanol–water partition coefficient (Wildman–Crippen LogP) is 3.98. The van der Waals surface area contributed by atoms with Gasteiger partial charge in [-0.3, -0.25) is 4.79 Å². The molecule has 2 aromatic carbocycles. The molecule has 2 rings (SSSR count). The second kappa shape index (κ2) is 8.34. The molecular formula is C17H14ORu. The van der Waals surface area contributed by atoms with Crippen molar-refractivity contribution in [3.8, 4) is 0 Å². The number of rotatable bonds is 4. The maximum Gasteiger partial charge on any atom is 0.178 e. The standard InChI is InChI=1S/C17H14O.Ru/c18-17(13-11-15-7-3-1-4-8-15)14-12-16-9-5-2-6-10-16;/h1-14H;. The third kappa shape index (κ3) is 5.59. The summed E-state index contributed by atoms with van der Waals surface area (Å²) >= 11 is 0. The first-order chi connectivity index (χ1) is 8.84. The fourth-order valence-electron chi connectivity index (χ4n) is 1.54. The molecule has 2 heteroatoms. The summed E-state index contributed by atoms with van der Waals surface area (Å²) in [7, 11) is 0. The minimum absolute atomic E-state index is 0. The Labute approximate surface area is 126 Å². The van der Waals surface area contributed by atoms with E-state index in [4.69, 9.17) is 0 Å². The van der Waals surface area contributed by atoms with Crippen LogP contribution in [0.1, 0.15) is 11.1 Å². The minimum Gasteiger partial charge on any atom is -0.290 e. The van der Waals surface area contributed by atoms with Gasteiger partial charge in [-0.25, -0.2) is 0 Å². The average Bonchev–Trinajstić information content (AvgIpc) is 2.45. The predicted molar refractivity (Wildman–Crippen MR) is 76.0 cm³/mol. The SMILES string of the molecule is O=C(C=Cc1ccccc1)C=Cc1ccccc1.[Ru]. The topological polar surface area (TPSA) is 17.1 Å². The van der Waals surface area contributed by atoms with E-state index in [9.17, 15) is 4.79 Å². The fourth-order valence-corrected chi connectivity index (χ4v) is 1.54. The van der Waals surface area contributed by atoms with Crippen LogP contribution >= 0.6 is 0 Å². The Bertz CT molecular complexity index is 505. The van der Waals surface area contributed by atoms with Crippen LogP contribution in [0.2, 0.25) is 0 Å². The quantitative estimate of drug-likeness (QED) is 0.610. The molecule has 0 N–H and O–H groups in total. The second-order valence-corrected chi connectivity index (χ2v) is 3.89. The third-order valence-corrected chi connectivity index (χ3v) is 2.48. The number of hydrogen-bond donors (Lipinski definition) is 0. The Hall–Kier alpha value is -1.79. The Morgan fingerprint density at radius 1 is 0.684 bits per heavy atom. The molecule has 0 heterocycles. The van der Waals surface area contributed by atoms with Crippen molar-refractivity contribution in [2.75, 3.05) is 0 Å². The molecule has 96 valence electrons. The van der Waals surface area contributed by atoms with E-state index in [0.717, 1.165) is 11.1 Å². The summed E-state index contributed by atoms with van der Waals surface area (Å²) in [6, 6.07) is 19.6. The van der Waals surface area contributed by atoms with Gasteiger partial charge >= 0.3 is 0 Å². The van der Waals surface area contributed by atoms with Crippen molar-refractivity contribution in [2.45, 2.75) is 0 Å². The third-order valence-electron chi connectivity index (χ3n) is 2.48. The number of ketones is 1. The summed E-state index contributed by atoms with van der Waals surface area (Å²) < 4.78 is 0. The molecule has 0 atom stereocenters. The van der Waals surface area contributed by atoms with E-state index < -0.39 is 0 Å². The van der Waals surface area contributed by atoms with Crippen LogP contribution in [0.4, 0.5) is 0 Å². The van der Waals surface area contributed by atoms with Gasteiger partial charge < -0.3 is 0 Å². The zero-order valence-electron chi connectivity index (χ0n) is 10.3. The van der Waals surface area contributed by atoms with Crippen LogP contribution in [0.5, 0.6) is 0 Å². The van der Waals surface area contributed by atoms with Crippen LogP contribution in [0.15, 0.2) is 72.8 Å². The first-order valence-corrected chi connectivity index (χ1v) is 5.85. The van der Waals surface area contributed by atoms with Crippen LogP contribution in [0.3, 0.4) is 0 Å². The van der Waals surface area contributed by atoms with Gasteiger partial charge in [-0.05, 0) is 23.3 Å². The number of carbonyl (C=O) groups is 1. The summed E-state index contributed by atoms with van der Waals surface area (Å²) in [5, 5.41) is 0. The second-order valence-electron chi connectivity index (χ2n) is 3.89. The van der Waals surface area contributed by atoms with Crippen LogP contribution in [-0.2, 0) is 24.3 Å². The Morgan fingerprint density at radius 3 is 1.42 bits per heavy atom. The Kier molecular flexibility index (Phi) is 6.70. The first kappa shape index (κ1) is 15.3. The average molecular weight is 335 g/mol. The molecule has 0 unspecified atom stereocenters. The summed E-state index contributed by atoms with van der Waals surface area (Å²) in [6.07, 6.45) is 6.79. The molecular weight excluding hydrogens is 321 g/mol. The molecule has 0 aliphatic rings. The number of benzene rings is 2. The van der Waals surface area contributed by atoms with Gasteiger partial charge in [0.25, 0.3) is 0 Å². The van der Waals surface area contributed by atoms with E-state index in [0.29, 0.717) is 0 Å². The molecule has 0 fully saturated rings. The molecule has 19 heavy (non-hydrogen) atoms. The van der Waals surface area contributed by atoms with E-state index in [1.807, 2.05) is 72.8 Å². The van der Waals surface area contributed by atoms with Gasteiger partial charge in [-0.1, -0.05) is 72.8 Å². The van der Waals surface area contributed by atoms with Crippen molar-refractivity contribution >= 4 is 17.9 Å². The van der Waals surface area contributed by atoms with Crippen molar-refractivity contribution < 1.29 is 24.3 Å². The van der Waals surface area contributed by atoms with Gasteiger partial charge in [0.15, 0.2) is 5.78 Å². The Morgan fingerprint density at radius 2 is 1.05 bits per heavy atom. The molecule has 0 aromatic heterocycles. The van der Waals surface area contributed by atoms with Gasteiger partial charge in [-0.2, -0.15) is 0 Å². The van der Waals surface area contributed by atoms with Crippen molar-refractivity contribution in [2.24, 2.45) is 0 Å². The molecule has 0 bridgehead atoms.